The van der Waals surface area contributed by atoms with E-state index < -0.39 is 45.1 Å². The zero-order valence-corrected chi connectivity index (χ0v) is 38.9. The van der Waals surface area contributed by atoms with Crippen molar-refractivity contribution in [2.24, 2.45) is 5.73 Å². The van der Waals surface area contributed by atoms with Crippen LogP contribution in [0.2, 0.25) is 0 Å². The number of phosphoric ester groups is 1. The SMILES string of the molecule is CC/C=C\C/C=C\C/C=C\C/C=C\C/C=C\CC(=O)OC(COCCCCCCCCCCC/C=C\C/C=C\C/C=C\CCCCCCC)COP(=O)(O)OCC(N)C(=O)O. The van der Waals surface area contributed by atoms with Crippen molar-refractivity contribution < 1.29 is 42.7 Å². The van der Waals surface area contributed by atoms with Gasteiger partial charge in [0.15, 0.2) is 0 Å². The van der Waals surface area contributed by atoms with E-state index in [-0.39, 0.29) is 13.0 Å². The first-order valence-electron chi connectivity index (χ1n) is 23.3. The van der Waals surface area contributed by atoms with Crippen molar-refractivity contribution in [3.05, 3.63) is 97.2 Å². The van der Waals surface area contributed by atoms with Crippen LogP contribution in [0, 0.1) is 0 Å². The molecule has 0 fully saturated rings. The van der Waals surface area contributed by atoms with Crippen molar-refractivity contribution >= 4 is 19.8 Å². The summed E-state index contributed by atoms with van der Waals surface area (Å²) in [5.41, 5.74) is 5.35. The molecule has 3 atom stereocenters. The topological polar surface area (TPSA) is 155 Å². The number of nitrogens with two attached hydrogens (primary N) is 1. The molecule has 0 aliphatic heterocycles. The Morgan fingerprint density at radius 2 is 0.951 bits per heavy atom. The maximum Gasteiger partial charge on any atom is 0.472 e. The van der Waals surface area contributed by atoms with E-state index in [2.05, 4.69) is 92.8 Å². The number of ether oxygens (including phenoxy) is 2. The van der Waals surface area contributed by atoms with Gasteiger partial charge in [-0.05, 0) is 77.0 Å². The number of unbranched alkanes of at least 4 members (excludes halogenated alkanes) is 14. The molecule has 4 N–H and O–H groups in total. The van der Waals surface area contributed by atoms with Crippen molar-refractivity contribution in [1.29, 1.82) is 0 Å². The molecule has 10 nitrogen and oxygen atoms in total. The molecule has 0 rings (SSSR count). The smallest absolute Gasteiger partial charge is 0.472 e. The van der Waals surface area contributed by atoms with E-state index in [0.717, 1.165) is 64.2 Å². The minimum absolute atomic E-state index is 0.0114. The third kappa shape index (κ3) is 44.7. The Morgan fingerprint density at radius 1 is 0.541 bits per heavy atom. The second-order valence-corrected chi connectivity index (χ2v) is 16.6. The van der Waals surface area contributed by atoms with Gasteiger partial charge in [0, 0.05) is 6.61 Å². The van der Waals surface area contributed by atoms with Crippen LogP contribution in [-0.2, 0) is 32.7 Å². The van der Waals surface area contributed by atoms with Gasteiger partial charge >= 0.3 is 19.8 Å². The number of esters is 1. The first-order chi connectivity index (χ1) is 29.7. The maximum absolute atomic E-state index is 12.6. The highest BCUT2D eigenvalue weighted by molar-refractivity contribution is 7.47. The van der Waals surface area contributed by atoms with Gasteiger partial charge in [-0.2, -0.15) is 0 Å². The van der Waals surface area contributed by atoms with Crippen LogP contribution in [0.4, 0.5) is 0 Å². The van der Waals surface area contributed by atoms with Crippen LogP contribution >= 0.6 is 7.82 Å². The van der Waals surface area contributed by atoms with Gasteiger partial charge in [-0.3, -0.25) is 18.6 Å². The molecule has 3 unspecified atom stereocenters. The van der Waals surface area contributed by atoms with Gasteiger partial charge in [0.1, 0.15) is 12.1 Å². The maximum atomic E-state index is 12.6. The number of carbonyl (C=O) groups is 2. The Bertz CT molecular complexity index is 1330. The quantitative estimate of drug-likeness (QED) is 0.0233. The summed E-state index contributed by atoms with van der Waals surface area (Å²) in [5, 5.41) is 8.90. The van der Waals surface area contributed by atoms with Crippen molar-refractivity contribution in [2.45, 2.75) is 180 Å². The number of hydrogen-bond donors (Lipinski definition) is 3. The first kappa shape index (κ1) is 57.9. The molecule has 0 saturated carbocycles. The lowest BCUT2D eigenvalue weighted by Crippen LogP contribution is -2.34. The van der Waals surface area contributed by atoms with Gasteiger partial charge in [0.25, 0.3) is 0 Å². The second-order valence-electron chi connectivity index (χ2n) is 15.2. The lowest BCUT2D eigenvalue weighted by atomic mass is 10.1. The monoisotopic (exact) mass is 874 g/mol. The van der Waals surface area contributed by atoms with E-state index in [1.807, 2.05) is 12.2 Å². The highest BCUT2D eigenvalue weighted by atomic mass is 31.2. The summed E-state index contributed by atoms with van der Waals surface area (Å²) >= 11 is 0. The van der Waals surface area contributed by atoms with E-state index >= 15 is 0 Å². The summed E-state index contributed by atoms with van der Waals surface area (Å²) in [6.45, 7) is 3.60. The number of phosphoric acid groups is 1. The molecule has 0 radical (unpaired) electrons. The van der Waals surface area contributed by atoms with Crippen molar-refractivity contribution in [3.8, 4) is 0 Å². The van der Waals surface area contributed by atoms with Crippen LogP contribution in [0.25, 0.3) is 0 Å². The van der Waals surface area contributed by atoms with Crippen LogP contribution in [0.1, 0.15) is 168 Å². The zero-order valence-electron chi connectivity index (χ0n) is 38.0. The highest BCUT2D eigenvalue weighted by Gasteiger charge is 2.27. The molecular formula is C50H84NO9P. The van der Waals surface area contributed by atoms with Gasteiger partial charge < -0.3 is 25.2 Å². The number of allylic oxidation sites excluding steroid dienone is 15. The van der Waals surface area contributed by atoms with Crippen LogP contribution in [0.3, 0.4) is 0 Å². The summed E-state index contributed by atoms with van der Waals surface area (Å²) in [7, 11) is -4.65. The molecule has 0 aromatic heterocycles. The molecule has 0 amide bonds. The Kier molecular flexibility index (Phi) is 42.6. The van der Waals surface area contributed by atoms with Crippen LogP contribution < -0.4 is 5.73 Å². The lowest BCUT2D eigenvalue weighted by Gasteiger charge is -2.20. The zero-order chi connectivity index (χ0) is 44.8. The Morgan fingerprint density at radius 3 is 1.43 bits per heavy atom. The third-order valence-corrected chi connectivity index (χ3v) is 10.3. The molecule has 0 saturated heterocycles. The van der Waals surface area contributed by atoms with Crippen molar-refractivity contribution in [2.75, 3.05) is 26.4 Å². The summed E-state index contributed by atoms with van der Waals surface area (Å²) in [4.78, 5) is 33.5. The molecule has 0 spiro atoms. The first-order valence-corrected chi connectivity index (χ1v) is 24.8. The van der Waals surface area contributed by atoms with Gasteiger partial charge in [-0.1, -0.05) is 182 Å². The minimum atomic E-state index is -4.65. The van der Waals surface area contributed by atoms with Crippen molar-refractivity contribution in [3.63, 3.8) is 0 Å². The normalized spacial score (nSPS) is 14.7. The number of carboxylic acid groups (broad SMARTS) is 1. The van der Waals surface area contributed by atoms with Gasteiger partial charge in [0.2, 0.25) is 0 Å². The fraction of sp³-hybridized carbons (Fsp3) is 0.640. The fourth-order valence-corrected chi connectivity index (χ4v) is 6.58. The molecule has 0 bridgehead atoms. The average molecular weight is 874 g/mol. The Balaban J connectivity index is 4.28. The largest absolute Gasteiger partial charge is 0.480 e. The van der Waals surface area contributed by atoms with E-state index in [1.54, 1.807) is 6.08 Å². The van der Waals surface area contributed by atoms with Gasteiger partial charge in [0.05, 0.1) is 26.2 Å². The molecule has 0 aromatic rings. The predicted molar refractivity (Wildman–Crippen MR) is 253 cm³/mol. The predicted octanol–water partition coefficient (Wildman–Crippen LogP) is 13.3. The molecule has 348 valence electrons. The summed E-state index contributed by atoms with van der Waals surface area (Å²) < 4.78 is 33.2. The summed E-state index contributed by atoms with van der Waals surface area (Å²) in [5.74, 6) is -1.92. The van der Waals surface area contributed by atoms with E-state index in [1.165, 1.54) is 77.0 Å². The molecule has 0 aromatic carbocycles. The molecule has 0 aliphatic carbocycles. The summed E-state index contributed by atoms with van der Waals surface area (Å²) in [6, 6.07) is -1.49. The number of aliphatic carboxylic acids is 1. The Labute approximate surface area is 370 Å². The molecule has 61 heavy (non-hydrogen) atoms. The molecule has 11 heteroatoms. The number of carbonyl (C=O) groups excluding carboxylic acids is 1. The number of rotatable bonds is 43. The van der Waals surface area contributed by atoms with Crippen molar-refractivity contribution in [1.82, 2.24) is 0 Å². The number of hydrogen-bond acceptors (Lipinski definition) is 8. The Hall–Kier alpha value is -3.11. The number of carboxylic acids is 1. The van der Waals surface area contributed by atoms with Crippen LogP contribution in [0.5, 0.6) is 0 Å². The third-order valence-electron chi connectivity index (χ3n) is 9.38. The molecule has 0 heterocycles. The second kappa shape index (κ2) is 44.9. The van der Waals surface area contributed by atoms with Crippen LogP contribution in [-0.4, -0.2) is 60.5 Å². The highest BCUT2D eigenvalue weighted by Crippen LogP contribution is 2.43. The van der Waals surface area contributed by atoms with Gasteiger partial charge in [-0.25, -0.2) is 4.57 Å². The summed E-state index contributed by atoms with van der Waals surface area (Å²) in [6.07, 6.45) is 59.3. The average Bonchev–Trinajstić information content (AvgIpc) is 3.24. The minimum Gasteiger partial charge on any atom is -0.480 e. The van der Waals surface area contributed by atoms with E-state index in [4.69, 9.17) is 29.4 Å². The fourth-order valence-electron chi connectivity index (χ4n) is 5.80. The van der Waals surface area contributed by atoms with Crippen LogP contribution in [0.15, 0.2) is 97.2 Å². The molecule has 0 aliphatic rings. The standard InChI is InChI=1S/C50H84NO9P/c1-3-5-7-9-11-13-15-17-19-20-21-22-23-24-25-26-27-29-31-33-35-37-39-41-43-57-44-47(45-58-61(55,56)59-46-48(51)50(53)54)60-49(52)42-40-38-36-34-32-30-28-18-16-14-12-10-8-6-4-2/h6,8,12,14-15,17-18,20-21,23-24,28,32,34,38,40,47-48H,3-5,7,9-11,13,16,19,22,25-27,29-31,33,35-37,39,41-46,51H2,1-2H3,(H,53,54)(H,55,56)/b8-6-,14-12-,17-15-,21-20-,24-23-,28-18-,34-32-,40-38-. The van der Waals surface area contributed by atoms with E-state index in [9.17, 15) is 19.0 Å². The lowest BCUT2D eigenvalue weighted by molar-refractivity contribution is -0.153. The molecular weight excluding hydrogens is 790 g/mol. The van der Waals surface area contributed by atoms with Gasteiger partial charge in [-0.15, -0.1) is 0 Å². The van der Waals surface area contributed by atoms with E-state index in [0.29, 0.717) is 13.0 Å².